The van der Waals surface area contributed by atoms with E-state index in [1.165, 1.54) is 12.3 Å². The summed E-state index contributed by atoms with van der Waals surface area (Å²) in [6.07, 6.45) is 1.69. The van der Waals surface area contributed by atoms with Crippen LogP contribution in [0.2, 0.25) is 0 Å². The van der Waals surface area contributed by atoms with Gasteiger partial charge in [-0.05, 0) is 24.1 Å². The lowest BCUT2D eigenvalue weighted by Crippen LogP contribution is -2.02. The van der Waals surface area contributed by atoms with Crippen molar-refractivity contribution in [3.05, 3.63) is 63.6 Å². The zero-order valence-corrected chi connectivity index (χ0v) is 10.8. The monoisotopic (exact) mass is 295 g/mol. The van der Waals surface area contributed by atoms with Crippen molar-refractivity contribution in [3.8, 4) is 0 Å². The van der Waals surface area contributed by atoms with Crippen molar-refractivity contribution < 1.29 is 9.50 Å². The van der Waals surface area contributed by atoms with Crippen molar-refractivity contribution in [1.29, 1.82) is 0 Å². The van der Waals surface area contributed by atoms with Crippen molar-refractivity contribution in [2.45, 2.75) is 13.0 Å². The van der Waals surface area contributed by atoms with Gasteiger partial charge in [0.15, 0.2) is 0 Å². The van der Waals surface area contributed by atoms with Crippen LogP contribution in [0.25, 0.3) is 0 Å². The van der Waals surface area contributed by atoms with Gasteiger partial charge in [0.25, 0.3) is 0 Å². The molecule has 1 atom stereocenters. The standard InChI is InChI=1S/C13H11BrFNO/c1-8-3-2-4-11(12(8)14)13(17)9-5-10(15)7-16-6-9/h2-7,13,17H,1H3. The van der Waals surface area contributed by atoms with Crippen LogP contribution in [0.1, 0.15) is 22.8 Å². The lowest BCUT2D eigenvalue weighted by atomic mass is 10.0. The fourth-order valence-corrected chi connectivity index (χ4v) is 2.12. The molecule has 4 heteroatoms. The highest BCUT2D eigenvalue weighted by molar-refractivity contribution is 9.10. The molecule has 0 radical (unpaired) electrons. The lowest BCUT2D eigenvalue weighted by molar-refractivity contribution is 0.218. The predicted molar refractivity (Wildman–Crippen MR) is 67.1 cm³/mol. The Kier molecular flexibility index (Phi) is 3.54. The number of hydrogen-bond acceptors (Lipinski definition) is 2. The number of aromatic nitrogens is 1. The number of aryl methyl sites for hydroxylation is 1. The molecule has 2 aromatic rings. The Balaban J connectivity index is 2.44. The van der Waals surface area contributed by atoms with E-state index in [4.69, 9.17) is 0 Å². The zero-order valence-electron chi connectivity index (χ0n) is 9.19. The van der Waals surface area contributed by atoms with Gasteiger partial charge in [-0.3, -0.25) is 4.98 Å². The lowest BCUT2D eigenvalue weighted by Gasteiger charge is -2.14. The van der Waals surface area contributed by atoms with E-state index >= 15 is 0 Å². The number of halogens is 2. The number of pyridine rings is 1. The van der Waals surface area contributed by atoms with Gasteiger partial charge in [0.2, 0.25) is 0 Å². The molecule has 0 saturated carbocycles. The highest BCUT2D eigenvalue weighted by Gasteiger charge is 2.15. The summed E-state index contributed by atoms with van der Waals surface area (Å²) in [7, 11) is 0. The predicted octanol–water partition coefficient (Wildman–Crippen LogP) is 3.37. The van der Waals surface area contributed by atoms with Crippen LogP contribution in [-0.2, 0) is 0 Å². The maximum Gasteiger partial charge on any atom is 0.141 e. The molecule has 2 rings (SSSR count). The fraction of sp³-hybridized carbons (Fsp3) is 0.154. The van der Waals surface area contributed by atoms with Crippen LogP contribution in [0.15, 0.2) is 41.1 Å². The molecule has 1 aromatic carbocycles. The average Bonchev–Trinajstić information content (AvgIpc) is 2.32. The van der Waals surface area contributed by atoms with Gasteiger partial charge < -0.3 is 5.11 Å². The number of rotatable bonds is 2. The molecule has 0 fully saturated rings. The van der Waals surface area contributed by atoms with E-state index in [1.807, 2.05) is 19.1 Å². The molecule has 1 N–H and O–H groups in total. The van der Waals surface area contributed by atoms with E-state index in [-0.39, 0.29) is 0 Å². The van der Waals surface area contributed by atoms with E-state index in [2.05, 4.69) is 20.9 Å². The Bertz CT molecular complexity index is 545. The van der Waals surface area contributed by atoms with Crippen molar-refractivity contribution >= 4 is 15.9 Å². The Morgan fingerprint density at radius 3 is 2.82 bits per heavy atom. The molecule has 0 bridgehead atoms. The van der Waals surface area contributed by atoms with Crippen LogP contribution in [0.5, 0.6) is 0 Å². The molecule has 17 heavy (non-hydrogen) atoms. The molecule has 0 aliphatic heterocycles. The molecular weight excluding hydrogens is 285 g/mol. The minimum Gasteiger partial charge on any atom is -0.384 e. The van der Waals surface area contributed by atoms with Crippen LogP contribution in [0.4, 0.5) is 4.39 Å². The average molecular weight is 296 g/mol. The van der Waals surface area contributed by atoms with Gasteiger partial charge in [-0.1, -0.05) is 34.1 Å². The molecule has 0 aliphatic rings. The van der Waals surface area contributed by atoms with Gasteiger partial charge in [-0.25, -0.2) is 4.39 Å². The SMILES string of the molecule is Cc1cccc(C(O)c2cncc(F)c2)c1Br. The van der Waals surface area contributed by atoms with Gasteiger partial charge in [0, 0.05) is 16.2 Å². The molecule has 0 amide bonds. The van der Waals surface area contributed by atoms with Crippen LogP contribution in [0, 0.1) is 12.7 Å². The van der Waals surface area contributed by atoms with Crippen LogP contribution in [0.3, 0.4) is 0 Å². The Labute approximate surface area is 107 Å². The van der Waals surface area contributed by atoms with E-state index in [0.29, 0.717) is 11.1 Å². The first-order valence-corrected chi connectivity index (χ1v) is 5.92. The molecule has 0 saturated heterocycles. The van der Waals surface area contributed by atoms with Crippen molar-refractivity contribution in [1.82, 2.24) is 4.98 Å². The van der Waals surface area contributed by atoms with Crippen LogP contribution in [-0.4, -0.2) is 10.1 Å². The van der Waals surface area contributed by atoms with Gasteiger partial charge >= 0.3 is 0 Å². The number of hydrogen-bond donors (Lipinski definition) is 1. The van der Waals surface area contributed by atoms with Gasteiger partial charge in [0.05, 0.1) is 6.20 Å². The first kappa shape index (κ1) is 12.2. The summed E-state index contributed by atoms with van der Waals surface area (Å²) in [4.78, 5) is 3.73. The second kappa shape index (κ2) is 4.94. The highest BCUT2D eigenvalue weighted by Crippen LogP contribution is 2.30. The van der Waals surface area contributed by atoms with Crippen molar-refractivity contribution in [3.63, 3.8) is 0 Å². The second-order valence-electron chi connectivity index (χ2n) is 3.82. The number of aliphatic hydroxyl groups is 1. The van der Waals surface area contributed by atoms with Crippen molar-refractivity contribution in [2.24, 2.45) is 0 Å². The third-order valence-corrected chi connectivity index (χ3v) is 3.64. The molecule has 0 aliphatic carbocycles. The summed E-state index contributed by atoms with van der Waals surface area (Å²) in [6.45, 7) is 1.93. The van der Waals surface area contributed by atoms with Gasteiger partial charge in [0.1, 0.15) is 11.9 Å². The molecule has 2 nitrogen and oxygen atoms in total. The molecular formula is C13H11BrFNO. The third kappa shape index (κ3) is 2.53. The molecule has 1 aromatic heterocycles. The van der Waals surface area contributed by atoms with E-state index in [0.717, 1.165) is 16.2 Å². The second-order valence-corrected chi connectivity index (χ2v) is 4.61. The summed E-state index contributed by atoms with van der Waals surface area (Å²) in [6, 6.07) is 6.87. The highest BCUT2D eigenvalue weighted by atomic mass is 79.9. The summed E-state index contributed by atoms with van der Waals surface area (Å²) in [5.74, 6) is -0.453. The molecule has 1 heterocycles. The van der Waals surface area contributed by atoms with Gasteiger partial charge in [-0.15, -0.1) is 0 Å². The Morgan fingerprint density at radius 2 is 2.12 bits per heavy atom. The maximum absolute atomic E-state index is 13.0. The topological polar surface area (TPSA) is 33.1 Å². The first-order valence-electron chi connectivity index (χ1n) is 5.13. The Morgan fingerprint density at radius 1 is 1.35 bits per heavy atom. The minimum absolute atomic E-state index is 0.441. The molecule has 88 valence electrons. The van der Waals surface area contributed by atoms with Crippen LogP contribution < -0.4 is 0 Å². The largest absolute Gasteiger partial charge is 0.384 e. The first-order chi connectivity index (χ1) is 8.09. The van der Waals surface area contributed by atoms with Crippen molar-refractivity contribution in [2.75, 3.05) is 0 Å². The zero-order chi connectivity index (χ0) is 12.4. The minimum atomic E-state index is -0.882. The third-order valence-electron chi connectivity index (χ3n) is 2.56. The quantitative estimate of drug-likeness (QED) is 0.921. The summed E-state index contributed by atoms with van der Waals surface area (Å²) in [5, 5.41) is 10.2. The number of nitrogens with zero attached hydrogens (tertiary/aromatic N) is 1. The molecule has 0 spiro atoms. The van der Waals surface area contributed by atoms with E-state index in [1.54, 1.807) is 6.07 Å². The molecule has 1 unspecified atom stereocenters. The number of benzene rings is 1. The number of aliphatic hydroxyl groups excluding tert-OH is 1. The van der Waals surface area contributed by atoms with Crippen LogP contribution >= 0.6 is 15.9 Å². The Hall–Kier alpha value is -1.26. The summed E-state index contributed by atoms with van der Waals surface area (Å²) < 4.78 is 13.9. The summed E-state index contributed by atoms with van der Waals surface area (Å²) >= 11 is 3.42. The van der Waals surface area contributed by atoms with E-state index < -0.39 is 11.9 Å². The maximum atomic E-state index is 13.0. The van der Waals surface area contributed by atoms with E-state index in [9.17, 15) is 9.50 Å². The van der Waals surface area contributed by atoms with Gasteiger partial charge in [-0.2, -0.15) is 0 Å². The normalized spacial score (nSPS) is 12.5. The smallest absolute Gasteiger partial charge is 0.141 e. The summed E-state index contributed by atoms with van der Waals surface area (Å²) in [5.41, 5.74) is 2.17. The fourth-order valence-electron chi connectivity index (χ4n) is 1.64.